The Hall–Kier alpha value is -0.0800. The van der Waals surface area contributed by atoms with Crippen molar-refractivity contribution >= 4 is 0 Å². The number of nitrogens with one attached hydrogen (secondary N) is 1. The first kappa shape index (κ1) is 12.4. The van der Waals surface area contributed by atoms with Gasteiger partial charge in [0.1, 0.15) is 0 Å². The van der Waals surface area contributed by atoms with Crippen LogP contribution in [0.1, 0.15) is 52.4 Å². The van der Waals surface area contributed by atoms with Crippen LogP contribution in [0.25, 0.3) is 0 Å². The molecule has 2 atom stereocenters. The predicted octanol–water partition coefficient (Wildman–Crippen LogP) is 2.64. The maximum Gasteiger partial charge on any atom is 0.00982 e. The average molecular weight is 224 g/mol. The topological polar surface area (TPSA) is 15.3 Å². The lowest BCUT2D eigenvalue weighted by molar-refractivity contribution is 0.0615. The molecule has 0 radical (unpaired) electrons. The SMILES string of the molecule is CNC1CCN(C2CCC(C)CC2)C(C)C1. The molecule has 16 heavy (non-hydrogen) atoms. The van der Waals surface area contributed by atoms with Crippen LogP contribution >= 0.6 is 0 Å². The second kappa shape index (κ2) is 5.50. The Labute approximate surface area is 101 Å². The first-order valence-corrected chi connectivity index (χ1v) is 7.13. The summed E-state index contributed by atoms with van der Waals surface area (Å²) in [5, 5.41) is 3.44. The largest absolute Gasteiger partial charge is 0.317 e. The van der Waals surface area contributed by atoms with Gasteiger partial charge in [-0.25, -0.2) is 0 Å². The molecule has 2 aliphatic rings. The van der Waals surface area contributed by atoms with Gasteiger partial charge in [-0.05, 0) is 58.4 Å². The van der Waals surface area contributed by atoms with E-state index in [-0.39, 0.29) is 0 Å². The van der Waals surface area contributed by atoms with E-state index in [0.29, 0.717) is 0 Å². The molecule has 2 unspecified atom stereocenters. The van der Waals surface area contributed by atoms with Gasteiger partial charge in [0.2, 0.25) is 0 Å². The molecular weight excluding hydrogens is 196 g/mol. The third kappa shape index (κ3) is 2.78. The summed E-state index contributed by atoms with van der Waals surface area (Å²) in [6.45, 7) is 6.14. The summed E-state index contributed by atoms with van der Waals surface area (Å²) >= 11 is 0. The molecule has 1 heterocycles. The van der Waals surface area contributed by atoms with Crippen molar-refractivity contribution in [2.75, 3.05) is 13.6 Å². The van der Waals surface area contributed by atoms with Gasteiger partial charge in [-0.15, -0.1) is 0 Å². The molecule has 1 N–H and O–H groups in total. The third-order valence-electron chi connectivity index (χ3n) is 4.79. The zero-order valence-corrected chi connectivity index (χ0v) is 11.2. The maximum absolute atomic E-state index is 3.44. The van der Waals surface area contributed by atoms with Crippen LogP contribution < -0.4 is 5.32 Å². The highest BCUT2D eigenvalue weighted by Crippen LogP contribution is 2.30. The Kier molecular flexibility index (Phi) is 4.26. The van der Waals surface area contributed by atoms with Crippen LogP contribution in [0.4, 0.5) is 0 Å². The molecule has 94 valence electrons. The second-order valence-corrected chi connectivity index (χ2v) is 6.01. The smallest absolute Gasteiger partial charge is 0.00982 e. The van der Waals surface area contributed by atoms with Crippen LogP contribution in [-0.2, 0) is 0 Å². The monoisotopic (exact) mass is 224 g/mol. The van der Waals surface area contributed by atoms with Gasteiger partial charge in [0.05, 0.1) is 0 Å². The van der Waals surface area contributed by atoms with Gasteiger partial charge in [0.25, 0.3) is 0 Å². The Morgan fingerprint density at radius 3 is 2.25 bits per heavy atom. The van der Waals surface area contributed by atoms with Crippen LogP contribution in [0.15, 0.2) is 0 Å². The number of rotatable bonds is 2. The zero-order chi connectivity index (χ0) is 11.5. The maximum atomic E-state index is 3.44. The number of likely N-dealkylation sites (tertiary alicyclic amines) is 1. The molecule has 0 spiro atoms. The summed E-state index contributed by atoms with van der Waals surface area (Å²) in [6.07, 6.45) is 8.45. The van der Waals surface area contributed by atoms with Crippen molar-refractivity contribution in [2.24, 2.45) is 5.92 Å². The van der Waals surface area contributed by atoms with Gasteiger partial charge < -0.3 is 5.32 Å². The fraction of sp³-hybridized carbons (Fsp3) is 1.00. The highest BCUT2D eigenvalue weighted by molar-refractivity contribution is 4.88. The number of piperidine rings is 1. The first-order chi connectivity index (χ1) is 7.70. The van der Waals surface area contributed by atoms with E-state index in [1.54, 1.807) is 0 Å². The molecule has 0 aromatic heterocycles. The van der Waals surface area contributed by atoms with Crippen LogP contribution in [0.3, 0.4) is 0 Å². The van der Waals surface area contributed by atoms with Gasteiger partial charge in [0.15, 0.2) is 0 Å². The highest BCUT2D eigenvalue weighted by atomic mass is 15.2. The lowest BCUT2D eigenvalue weighted by Gasteiger charge is -2.44. The Bertz CT molecular complexity index is 209. The van der Waals surface area contributed by atoms with Crippen molar-refractivity contribution in [3.05, 3.63) is 0 Å². The number of nitrogens with zero attached hydrogens (tertiary/aromatic N) is 1. The van der Waals surface area contributed by atoms with E-state index in [2.05, 4.69) is 31.1 Å². The van der Waals surface area contributed by atoms with E-state index in [4.69, 9.17) is 0 Å². The third-order valence-corrected chi connectivity index (χ3v) is 4.79. The van der Waals surface area contributed by atoms with Crippen molar-refractivity contribution in [2.45, 2.75) is 70.5 Å². The van der Waals surface area contributed by atoms with Crippen LogP contribution in [0, 0.1) is 5.92 Å². The Morgan fingerprint density at radius 2 is 1.69 bits per heavy atom. The molecule has 0 amide bonds. The van der Waals surface area contributed by atoms with Crippen LogP contribution in [0.2, 0.25) is 0 Å². The number of hydrogen-bond donors (Lipinski definition) is 1. The van der Waals surface area contributed by atoms with E-state index in [1.165, 1.54) is 45.1 Å². The summed E-state index contributed by atoms with van der Waals surface area (Å²) in [7, 11) is 2.11. The lowest BCUT2D eigenvalue weighted by Crippen LogP contribution is -2.51. The minimum Gasteiger partial charge on any atom is -0.317 e. The van der Waals surface area contributed by atoms with Crippen LogP contribution in [0.5, 0.6) is 0 Å². The molecular formula is C14H28N2. The van der Waals surface area contributed by atoms with E-state index in [1.807, 2.05) is 0 Å². The van der Waals surface area contributed by atoms with Crippen molar-refractivity contribution in [3.63, 3.8) is 0 Å². The standard InChI is InChI=1S/C14H28N2/c1-11-4-6-14(7-5-11)16-9-8-13(15-3)10-12(16)2/h11-15H,4-10H2,1-3H3. The summed E-state index contributed by atoms with van der Waals surface area (Å²) in [5.41, 5.74) is 0. The molecule has 1 aliphatic carbocycles. The van der Waals surface area contributed by atoms with Gasteiger partial charge in [-0.3, -0.25) is 4.90 Å². The number of hydrogen-bond acceptors (Lipinski definition) is 2. The summed E-state index contributed by atoms with van der Waals surface area (Å²) in [4.78, 5) is 2.79. The van der Waals surface area contributed by atoms with Gasteiger partial charge in [0, 0.05) is 24.7 Å². The normalized spacial score (nSPS) is 42.2. The molecule has 1 saturated heterocycles. The fourth-order valence-electron chi connectivity index (χ4n) is 3.57. The van der Waals surface area contributed by atoms with Gasteiger partial charge >= 0.3 is 0 Å². The minimum atomic E-state index is 0.758. The predicted molar refractivity (Wildman–Crippen MR) is 69.7 cm³/mol. The molecule has 0 aromatic rings. The fourth-order valence-corrected chi connectivity index (χ4v) is 3.57. The molecule has 2 nitrogen and oxygen atoms in total. The summed E-state index contributed by atoms with van der Waals surface area (Å²) in [5.74, 6) is 0.974. The van der Waals surface area contributed by atoms with Gasteiger partial charge in [-0.1, -0.05) is 6.92 Å². The second-order valence-electron chi connectivity index (χ2n) is 6.01. The Morgan fingerprint density at radius 1 is 1.00 bits per heavy atom. The molecule has 2 heteroatoms. The van der Waals surface area contributed by atoms with Gasteiger partial charge in [-0.2, -0.15) is 0 Å². The molecule has 2 fully saturated rings. The molecule has 0 bridgehead atoms. The van der Waals surface area contributed by atoms with Crippen molar-refractivity contribution in [1.82, 2.24) is 10.2 Å². The molecule has 2 rings (SSSR count). The molecule has 1 saturated carbocycles. The van der Waals surface area contributed by atoms with E-state index in [0.717, 1.165) is 24.0 Å². The average Bonchev–Trinajstić information content (AvgIpc) is 2.30. The molecule has 1 aliphatic heterocycles. The molecule has 0 aromatic carbocycles. The van der Waals surface area contributed by atoms with Crippen LogP contribution in [-0.4, -0.2) is 36.6 Å². The quantitative estimate of drug-likeness (QED) is 0.776. The van der Waals surface area contributed by atoms with Crippen molar-refractivity contribution in [3.8, 4) is 0 Å². The van der Waals surface area contributed by atoms with Crippen molar-refractivity contribution in [1.29, 1.82) is 0 Å². The zero-order valence-electron chi connectivity index (χ0n) is 11.2. The Balaban J connectivity index is 1.85. The minimum absolute atomic E-state index is 0.758. The lowest BCUT2D eigenvalue weighted by atomic mass is 9.84. The summed E-state index contributed by atoms with van der Waals surface area (Å²) < 4.78 is 0. The summed E-state index contributed by atoms with van der Waals surface area (Å²) in [6, 6.07) is 2.43. The van der Waals surface area contributed by atoms with E-state index < -0.39 is 0 Å². The van der Waals surface area contributed by atoms with Crippen molar-refractivity contribution < 1.29 is 0 Å². The first-order valence-electron chi connectivity index (χ1n) is 7.13. The highest BCUT2D eigenvalue weighted by Gasteiger charge is 2.31. The van der Waals surface area contributed by atoms with E-state index >= 15 is 0 Å². The van der Waals surface area contributed by atoms with E-state index in [9.17, 15) is 0 Å².